The molecule has 1 aromatic rings. The van der Waals surface area contributed by atoms with Gasteiger partial charge in [-0.1, -0.05) is 6.07 Å². The third-order valence-electron chi connectivity index (χ3n) is 2.66. The monoisotopic (exact) mass is 207 g/mol. The highest BCUT2D eigenvalue weighted by Gasteiger charge is 2.23. The van der Waals surface area contributed by atoms with E-state index in [1.165, 1.54) is 6.92 Å². The molecule has 0 spiro atoms. The number of benzene rings is 1. The van der Waals surface area contributed by atoms with Gasteiger partial charge in [0.15, 0.2) is 6.29 Å². The van der Waals surface area contributed by atoms with Crippen molar-refractivity contribution >= 4 is 6.29 Å². The second-order valence-electron chi connectivity index (χ2n) is 4.19. The Morgan fingerprint density at radius 2 is 1.87 bits per heavy atom. The summed E-state index contributed by atoms with van der Waals surface area (Å²) < 4.78 is 0. The molecular formula is C12H17NO2. The Hall–Kier alpha value is -1.19. The normalized spacial score (nSPS) is 14.8. The third kappa shape index (κ3) is 2.08. The van der Waals surface area contributed by atoms with Crippen molar-refractivity contribution in [2.24, 2.45) is 5.73 Å². The van der Waals surface area contributed by atoms with Crippen LogP contribution in [0.15, 0.2) is 6.07 Å². The molecule has 0 amide bonds. The molecule has 0 saturated heterocycles. The first-order valence-corrected chi connectivity index (χ1v) is 4.86. The van der Waals surface area contributed by atoms with E-state index in [9.17, 15) is 9.90 Å². The predicted molar refractivity (Wildman–Crippen MR) is 59.8 cm³/mol. The van der Waals surface area contributed by atoms with Crippen LogP contribution in [0.4, 0.5) is 0 Å². The van der Waals surface area contributed by atoms with E-state index in [1.807, 2.05) is 19.9 Å². The summed E-state index contributed by atoms with van der Waals surface area (Å²) in [5.74, 6) is 0. The molecule has 1 unspecified atom stereocenters. The molecule has 3 N–H and O–H groups in total. The molecule has 0 bridgehead atoms. The summed E-state index contributed by atoms with van der Waals surface area (Å²) in [5, 5.41) is 9.82. The Bertz CT molecular complexity index is 403. The van der Waals surface area contributed by atoms with E-state index in [1.54, 1.807) is 6.92 Å². The lowest BCUT2D eigenvalue weighted by molar-refractivity contribution is 0.0633. The van der Waals surface area contributed by atoms with Gasteiger partial charge in [-0.05, 0) is 44.4 Å². The van der Waals surface area contributed by atoms with Gasteiger partial charge in [0.1, 0.15) is 5.72 Å². The highest BCUT2D eigenvalue weighted by atomic mass is 16.3. The second kappa shape index (κ2) is 3.76. The van der Waals surface area contributed by atoms with Crippen LogP contribution in [0.2, 0.25) is 0 Å². The largest absolute Gasteiger partial charge is 0.372 e. The molecule has 82 valence electrons. The maximum atomic E-state index is 10.9. The molecule has 0 radical (unpaired) electrons. The Kier molecular flexibility index (Phi) is 2.98. The molecule has 0 aliphatic carbocycles. The van der Waals surface area contributed by atoms with Crippen molar-refractivity contribution in [1.29, 1.82) is 0 Å². The van der Waals surface area contributed by atoms with E-state index in [-0.39, 0.29) is 0 Å². The lowest BCUT2D eigenvalue weighted by atomic mass is 9.89. The SMILES string of the molecule is Cc1cc(C)c(C(C)(N)O)c(C)c1C=O. The summed E-state index contributed by atoms with van der Waals surface area (Å²) >= 11 is 0. The molecule has 1 rings (SSSR count). The number of hydrogen-bond donors (Lipinski definition) is 2. The molecule has 1 atom stereocenters. The number of aryl methyl sites for hydroxylation is 2. The Morgan fingerprint density at radius 1 is 1.33 bits per heavy atom. The van der Waals surface area contributed by atoms with Gasteiger partial charge in [0.25, 0.3) is 0 Å². The van der Waals surface area contributed by atoms with Gasteiger partial charge in [-0.2, -0.15) is 0 Å². The van der Waals surface area contributed by atoms with Crippen LogP contribution in [0.1, 0.15) is 39.5 Å². The van der Waals surface area contributed by atoms with Gasteiger partial charge >= 0.3 is 0 Å². The third-order valence-corrected chi connectivity index (χ3v) is 2.66. The van der Waals surface area contributed by atoms with Crippen LogP contribution in [-0.2, 0) is 5.72 Å². The average molecular weight is 207 g/mol. The van der Waals surface area contributed by atoms with E-state index >= 15 is 0 Å². The van der Waals surface area contributed by atoms with Crippen LogP contribution in [-0.4, -0.2) is 11.4 Å². The summed E-state index contributed by atoms with van der Waals surface area (Å²) in [6.07, 6.45) is 0.805. The van der Waals surface area contributed by atoms with Gasteiger partial charge in [0.2, 0.25) is 0 Å². The van der Waals surface area contributed by atoms with Crippen molar-refractivity contribution in [2.75, 3.05) is 0 Å². The predicted octanol–water partition coefficient (Wildman–Crippen LogP) is 1.55. The van der Waals surface area contributed by atoms with Gasteiger partial charge in [0, 0.05) is 11.1 Å². The molecule has 0 saturated carbocycles. The van der Waals surface area contributed by atoms with Gasteiger partial charge in [-0.15, -0.1) is 0 Å². The van der Waals surface area contributed by atoms with Crippen LogP contribution in [0, 0.1) is 20.8 Å². The number of nitrogens with two attached hydrogens (primary N) is 1. The molecule has 0 aliphatic rings. The van der Waals surface area contributed by atoms with Crippen LogP contribution in [0.25, 0.3) is 0 Å². The minimum atomic E-state index is -1.40. The van der Waals surface area contributed by atoms with E-state index in [4.69, 9.17) is 5.73 Å². The highest BCUT2D eigenvalue weighted by molar-refractivity contribution is 5.80. The average Bonchev–Trinajstić information content (AvgIpc) is 2.00. The van der Waals surface area contributed by atoms with Crippen LogP contribution in [0.3, 0.4) is 0 Å². The van der Waals surface area contributed by atoms with Crippen molar-refractivity contribution in [3.63, 3.8) is 0 Å². The van der Waals surface area contributed by atoms with E-state index < -0.39 is 5.72 Å². The van der Waals surface area contributed by atoms with Gasteiger partial charge < -0.3 is 10.8 Å². The molecular weight excluding hydrogens is 190 g/mol. The number of hydrogen-bond acceptors (Lipinski definition) is 3. The van der Waals surface area contributed by atoms with Crippen LogP contribution in [0.5, 0.6) is 0 Å². The number of aliphatic hydroxyl groups is 1. The van der Waals surface area contributed by atoms with Gasteiger partial charge in [0.05, 0.1) is 0 Å². The number of carbonyl (C=O) groups is 1. The van der Waals surface area contributed by atoms with Crippen LogP contribution < -0.4 is 5.73 Å². The van der Waals surface area contributed by atoms with Crippen molar-refractivity contribution in [2.45, 2.75) is 33.4 Å². The summed E-state index contributed by atoms with van der Waals surface area (Å²) in [7, 11) is 0. The summed E-state index contributed by atoms with van der Waals surface area (Å²) in [6, 6.07) is 1.87. The molecule has 1 aromatic carbocycles. The Balaban J connectivity index is 3.60. The molecule has 0 aliphatic heterocycles. The fraction of sp³-hybridized carbons (Fsp3) is 0.417. The standard InChI is InChI=1S/C12H17NO2/c1-7-5-8(2)11(12(4,13)15)9(3)10(7)6-14/h5-6,15H,13H2,1-4H3. The first-order chi connectivity index (χ1) is 6.79. The van der Waals surface area contributed by atoms with E-state index in [2.05, 4.69) is 0 Å². The Morgan fingerprint density at radius 3 is 2.27 bits per heavy atom. The van der Waals surface area contributed by atoms with Crippen molar-refractivity contribution in [3.05, 3.63) is 33.9 Å². The zero-order chi connectivity index (χ0) is 11.8. The first-order valence-electron chi connectivity index (χ1n) is 4.86. The lowest BCUT2D eigenvalue weighted by Gasteiger charge is -2.24. The van der Waals surface area contributed by atoms with Gasteiger partial charge in [-0.25, -0.2) is 0 Å². The van der Waals surface area contributed by atoms with Crippen molar-refractivity contribution in [3.8, 4) is 0 Å². The molecule has 0 aromatic heterocycles. The molecule has 0 fully saturated rings. The summed E-state index contributed by atoms with van der Waals surface area (Å²) in [4.78, 5) is 10.9. The molecule has 15 heavy (non-hydrogen) atoms. The number of aldehydes is 1. The zero-order valence-corrected chi connectivity index (χ0v) is 9.59. The minimum absolute atomic E-state index is 0.612. The summed E-state index contributed by atoms with van der Waals surface area (Å²) in [6.45, 7) is 7.08. The second-order valence-corrected chi connectivity index (χ2v) is 4.19. The molecule has 3 heteroatoms. The maximum Gasteiger partial charge on any atom is 0.150 e. The smallest absolute Gasteiger partial charge is 0.150 e. The van der Waals surface area contributed by atoms with E-state index in [0.29, 0.717) is 11.1 Å². The van der Waals surface area contributed by atoms with Crippen molar-refractivity contribution in [1.82, 2.24) is 0 Å². The first kappa shape index (κ1) is 11.9. The van der Waals surface area contributed by atoms with Gasteiger partial charge in [-0.3, -0.25) is 4.79 Å². The van der Waals surface area contributed by atoms with Crippen molar-refractivity contribution < 1.29 is 9.90 Å². The number of rotatable bonds is 2. The molecule has 3 nitrogen and oxygen atoms in total. The quantitative estimate of drug-likeness (QED) is 0.571. The summed E-state index contributed by atoms with van der Waals surface area (Å²) in [5.41, 5.74) is 8.09. The fourth-order valence-electron chi connectivity index (χ4n) is 2.16. The zero-order valence-electron chi connectivity index (χ0n) is 9.59. The Labute approximate surface area is 89.9 Å². The van der Waals surface area contributed by atoms with Crippen LogP contribution >= 0.6 is 0 Å². The maximum absolute atomic E-state index is 10.9. The fourth-order valence-corrected chi connectivity index (χ4v) is 2.16. The topological polar surface area (TPSA) is 63.3 Å². The molecule has 0 heterocycles. The minimum Gasteiger partial charge on any atom is -0.372 e. The number of carbonyl (C=O) groups excluding carboxylic acids is 1. The lowest BCUT2D eigenvalue weighted by Crippen LogP contribution is -2.34. The van der Waals surface area contributed by atoms with E-state index in [0.717, 1.165) is 23.0 Å². The highest BCUT2D eigenvalue weighted by Crippen LogP contribution is 2.27.